The number of carbonyl (C=O) groups excluding carboxylic acids is 1. The summed E-state index contributed by atoms with van der Waals surface area (Å²) in [5.74, 6) is 0.691. The highest BCUT2D eigenvalue weighted by Crippen LogP contribution is 2.17. The van der Waals surface area contributed by atoms with Gasteiger partial charge in [-0.3, -0.25) is 4.79 Å². The van der Waals surface area contributed by atoms with Crippen molar-refractivity contribution in [2.75, 3.05) is 37.7 Å². The molecule has 0 bridgehead atoms. The van der Waals surface area contributed by atoms with Gasteiger partial charge in [-0.2, -0.15) is 0 Å². The molecule has 2 fully saturated rings. The van der Waals surface area contributed by atoms with Crippen molar-refractivity contribution in [3.63, 3.8) is 0 Å². The van der Waals surface area contributed by atoms with Gasteiger partial charge in [0.05, 0.1) is 31.9 Å². The number of carbonyl (C=O) groups is 1. The third-order valence-corrected chi connectivity index (χ3v) is 7.56. The first-order chi connectivity index (χ1) is 10.9. The summed E-state index contributed by atoms with van der Waals surface area (Å²) in [6, 6.07) is 2.27. The molecule has 2 aliphatic heterocycles. The van der Waals surface area contributed by atoms with Crippen LogP contribution in [0.5, 0.6) is 0 Å². The molecule has 0 saturated carbocycles. The molecule has 1 aromatic rings. The van der Waals surface area contributed by atoms with Gasteiger partial charge in [0.1, 0.15) is 11.8 Å². The van der Waals surface area contributed by atoms with Crippen LogP contribution in [0.3, 0.4) is 0 Å². The lowest BCUT2D eigenvalue weighted by Crippen LogP contribution is -3.18. The summed E-state index contributed by atoms with van der Waals surface area (Å²) in [7, 11) is -2.82. The Bertz CT molecular complexity index is 701. The predicted molar refractivity (Wildman–Crippen MR) is 92.4 cm³/mol. The van der Waals surface area contributed by atoms with Crippen molar-refractivity contribution in [2.24, 2.45) is 0 Å². The van der Waals surface area contributed by atoms with Gasteiger partial charge in [-0.25, -0.2) is 8.42 Å². The number of thiophene rings is 1. The SMILES string of the molecule is Cc1ccsc1/C=C/C(=O)N1CC[NH+]([C@H]2CCS(=O)(=O)C2)CC1. The zero-order valence-corrected chi connectivity index (χ0v) is 15.0. The molecule has 2 saturated heterocycles. The van der Waals surface area contributed by atoms with E-state index in [4.69, 9.17) is 0 Å². The Hall–Kier alpha value is -1.18. The summed E-state index contributed by atoms with van der Waals surface area (Å²) < 4.78 is 23.2. The summed E-state index contributed by atoms with van der Waals surface area (Å²) in [4.78, 5) is 16.6. The number of hydrogen-bond acceptors (Lipinski definition) is 4. The van der Waals surface area contributed by atoms with Crippen LogP contribution in [0.1, 0.15) is 16.9 Å². The zero-order valence-electron chi connectivity index (χ0n) is 13.3. The zero-order chi connectivity index (χ0) is 16.4. The van der Waals surface area contributed by atoms with Gasteiger partial charge in [0.25, 0.3) is 0 Å². The van der Waals surface area contributed by atoms with E-state index < -0.39 is 9.84 Å². The highest BCUT2D eigenvalue weighted by molar-refractivity contribution is 7.91. The first-order valence-electron chi connectivity index (χ1n) is 8.01. The van der Waals surface area contributed by atoms with E-state index in [2.05, 4.69) is 0 Å². The third kappa shape index (κ3) is 4.02. The van der Waals surface area contributed by atoms with Crippen LogP contribution in [0.2, 0.25) is 0 Å². The second-order valence-electron chi connectivity index (χ2n) is 6.38. The molecule has 5 nitrogen and oxygen atoms in total. The van der Waals surface area contributed by atoms with E-state index in [9.17, 15) is 13.2 Å². The fraction of sp³-hybridized carbons (Fsp3) is 0.562. The van der Waals surface area contributed by atoms with Crippen molar-refractivity contribution in [2.45, 2.75) is 19.4 Å². The Labute approximate surface area is 141 Å². The largest absolute Gasteiger partial charge is 0.329 e. The van der Waals surface area contributed by atoms with Crippen molar-refractivity contribution < 1.29 is 18.1 Å². The average molecular weight is 356 g/mol. The van der Waals surface area contributed by atoms with Gasteiger partial charge in [0, 0.05) is 17.4 Å². The van der Waals surface area contributed by atoms with E-state index in [1.165, 1.54) is 10.5 Å². The van der Waals surface area contributed by atoms with Crippen molar-refractivity contribution >= 4 is 33.2 Å². The van der Waals surface area contributed by atoms with Crippen LogP contribution in [0.25, 0.3) is 6.08 Å². The maximum Gasteiger partial charge on any atom is 0.247 e. The number of hydrogen-bond donors (Lipinski definition) is 1. The predicted octanol–water partition coefficient (Wildman–Crippen LogP) is -0.0161. The van der Waals surface area contributed by atoms with Crippen LogP contribution in [0, 0.1) is 6.92 Å². The molecule has 126 valence electrons. The van der Waals surface area contributed by atoms with Gasteiger partial charge >= 0.3 is 0 Å². The monoisotopic (exact) mass is 355 g/mol. The van der Waals surface area contributed by atoms with Crippen molar-refractivity contribution in [3.05, 3.63) is 28.0 Å². The van der Waals surface area contributed by atoms with Gasteiger partial charge in [-0.15, -0.1) is 11.3 Å². The number of piperazine rings is 1. The maximum atomic E-state index is 12.3. The van der Waals surface area contributed by atoms with E-state index in [0.29, 0.717) is 24.6 Å². The molecule has 7 heteroatoms. The normalized spacial score (nSPS) is 25.3. The van der Waals surface area contributed by atoms with Crippen molar-refractivity contribution in [1.82, 2.24) is 4.90 Å². The van der Waals surface area contributed by atoms with Crippen LogP contribution in [0.4, 0.5) is 0 Å². The Balaban J connectivity index is 1.52. The Morgan fingerprint density at radius 3 is 2.70 bits per heavy atom. The molecule has 3 rings (SSSR count). The summed E-state index contributed by atoms with van der Waals surface area (Å²) in [6.45, 7) is 5.14. The smallest absolute Gasteiger partial charge is 0.247 e. The van der Waals surface area contributed by atoms with E-state index in [1.807, 2.05) is 29.3 Å². The molecule has 0 unspecified atom stereocenters. The van der Waals surface area contributed by atoms with E-state index in [-0.39, 0.29) is 11.9 Å². The molecule has 1 N–H and O–H groups in total. The molecule has 3 heterocycles. The van der Waals surface area contributed by atoms with E-state index >= 15 is 0 Å². The number of nitrogens with one attached hydrogen (secondary N) is 1. The summed E-state index contributed by atoms with van der Waals surface area (Å²) in [6.07, 6.45) is 4.32. The quantitative estimate of drug-likeness (QED) is 0.776. The van der Waals surface area contributed by atoms with Gasteiger partial charge in [0.2, 0.25) is 5.91 Å². The topological polar surface area (TPSA) is 58.9 Å². The molecule has 1 amide bonds. The van der Waals surface area contributed by atoms with Crippen molar-refractivity contribution in [3.8, 4) is 0 Å². The van der Waals surface area contributed by atoms with Crippen LogP contribution < -0.4 is 4.90 Å². The molecule has 2 aliphatic rings. The molecule has 0 aliphatic carbocycles. The first-order valence-corrected chi connectivity index (χ1v) is 10.7. The lowest BCUT2D eigenvalue weighted by atomic mass is 10.2. The fourth-order valence-corrected chi connectivity index (χ4v) is 5.99. The molecule has 1 atom stereocenters. The molecular weight excluding hydrogens is 332 g/mol. The van der Waals surface area contributed by atoms with Crippen LogP contribution in [0.15, 0.2) is 17.5 Å². The number of aryl methyl sites for hydroxylation is 1. The molecule has 0 aromatic carbocycles. The Morgan fingerprint density at radius 2 is 2.13 bits per heavy atom. The van der Waals surface area contributed by atoms with Gasteiger partial charge in [0.15, 0.2) is 9.84 Å². The highest BCUT2D eigenvalue weighted by atomic mass is 32.2. The maximum absolute atomic E-state index is 12.3. The van der Waals surface area contributed by atoms with Gasteiger partial charge in [-0.1, -0.05) is 0 Å². The minimum Gasteiger partial charge on any atom is -0.329 e. The van der Waals surface area contributed by atoms with Crippen molar-refractivity contribution in [1.29, 1.82) is 0 Å². The van der Waals surface area contributed by atoms with Crippen LogP contribution in [-0.2, 0) is 14.6 Å². The number of rotatable bonds is 3. The highest BCUT2D eigenvalue weighted by Gasteiger charge is 2.37. The number of sulfone groups is 1. The molecule has 0 radical (unpaired) electrons. The van der Waals surface area contributed by atoms with E-state index in [1.54, 1.807) is 17.4 Å². The summed E-state index contributed by atoms with van der Waals surface area (Å²) in [5.41, 5.74) is 1.19. The van der Waals surface area contributed by atoms with E-state index in [0.717, 1.165) is 24.4 Å². The molecule has 23 heavy (non-hydrogen) atoms. The molecule has 0 spiro atoms. The minimum absolute atomic E-state index is 0.0518. The Kier molecular flexibility index (Phi) is 4.89. The third-order valence-electron chi connectivity index (χ3n) is 4.81. The fourth-order valence-electron chi connectivity index (χ4n) is 3.35. The minimum atomic E-state index is -2.82. The van der Waals surface area contributed by atoms with Gasteiger partial charge < -0.3 is 9.80 Å². The lowest BCUT2D eigenvalue weighted by molar-refractivity contribution is -0.925. The molecular formula is C16H23N2O3S2+. The summed E-state index contributed by atoms with van der Waals surface area (Å²) >= 11 is 1.64. The number of quaternary nitrogens is 1. The van der Waals surface area contributed by atoms with Crippen LogP contribution in [-0.4, -0.2) is 63.0 Å². The first kappa shape index (κ1) is 16.7. The standard InChI is InChI=1S/C16H22N2O3S2/c1-13-4-10-22-15(13)2-3-16(19)18-8-6-17(7-9-18)14-5-11-23(20,21)12-14/h2-4,10,14H,5-9,11-12H2,1H3/p+1/b3-2+/t14-/m0/s1. The molecule has 1 aromatic heterocycles. The number of amides is 1. The lowest BCUT2D eigenvalue weighted by Gasteiger charge is -2.34. The Morgan fingerprint density at radius 1 is 1.39 bits per heavy atom. The van der Waals surface area contributed by atoms with Gasteiger partial charge in [-0.05, 0) is 30.0 Å². The summed E-state index contributed by atoms with van der Waals surface area (Å²) in [5, 5.41) is 2.03. The average Bonchev–Trinajstić information content (AvgIpc) is 3.10. The van der Waals surface area contributed by atoms with Crippen LogP contribution >= 0.6 is 11.3 Å². The second kappa shape index (κ2) is 6.75. The number of nitrogens with zero attached hydrogens (tertiary/aromatic N) is 1. The second-order valence-corrected chi connectivity index (χ2v) is 9.56.